The van der Waals surface area contributed by atoms with Gasteiger partial charge in [0, 0.05) is 17.5 Å². The minimum absolute atomic E-state index is 0.346. The molecule has 3 rings (SSSR count). The van der Waals surface area contributed by atoms with Gasteiger partial charge in [0.25, 0.3) is 0 Å². The van der Waals surface area contributed by atoms with Gasteiger partial charge in [0.2, 0.25) is 0 Å². The van der Waals surface area contributed by atoms with Crippen LogP contribution >= 0.6 is 11.6 Å². The highest BCUT2D eigenvalue weighted by atomic mass is 35.5. The Bertz CT molecular complexity index is 529. The lowest BCUT2D eigenvalue weighted by Gasteiger charge is -2.34. The minimum atomic E-state index is -0.743. The molecule has 4 heteroatoms. The molecule has 1 heterocycles. The normalized spacial score (nSPS) is 24.9. The molecule has 1 saturated heterocycles. The molecule has 1 atom stereocenters. The zero-order valence-corrected chi connectivity index (χ0v) is 12.9. The van der Waals surface area contributed by atoms with Gasteiger partial charge in [-0.05, 0) is 36.5 Å². The topological polar surface area (TPSA) is 46.5 Å². The molecule has 1 aliphatic carbocycles. The fourth-order valence-electron chi connectivity index (χ4n) is 3.72. The van der Waals surface area contributed by atoms with Crippen LogP contribution in [0.2, 0.25) is 5.02 Å². The summed E-state index contributed by atoms with van der Waals surface area (Å²) in [5.41, 5.74) is 1.21. The van der Waals surface area contributed by atoms with Crippen LogP contribution in [0, 0.1) is 0 Å². The molecule has 2 fully saturated rings. The number of halogens is 1. The van der Waals surface area contributed by atoms with Crippen LogP contribution in [0.4, 0.5) is 0 Å². The van der Waals surface area contributed by atoms with E-state index >= 15 is 0 Å². The molecule has 1 N–H and O–H groups in total. The van der Waals surface area contributed by atoms with Crippen LogP contribution in [0.5, 0.6) is 0 Å². The summed E-state index contributed by atoms with van der Waals surface area (Å²) in [4.78, 5) is 11.9. The zero-order chi connectivity index (χ0) is 14.9. The van der Waals surface area contributed by atoms with E-state index in [1.165, 1.54) is 0 Å². The van der Waals surface area contributed by atoms with Crippen molar-refractivity contribution in [3.8, 4) is 0 Å². The second-order valence-corrected chi connectivity index (χ2v) is 6.65. The summed E-state index contributed by atoms with van der Waals surface area (Å²) >= 11 is 6.45. The number of hydrogen-bond acceptors (Lipinski definition) is 2. The van der Waals surface area contributed by atoms with Gasteiger partial charge in [-0.15, -0.1) is 0 Å². The number of benzene rings is 1. The van der Waals surface area contributed by atoms with Crippen LogP contribution in [-0.4, -0.2) is 24.3 Å². The molecule has 1 aromatic carbocycles. The summed E-state index contributed by atoms with van der Waals surface area (Å²) in [5, 5.41) is 10.4. The lowest BCUT2D eigenvalue weighted by Crippen LogP contribution is -2.37. The van der Waals surface area contributed by atoms with Crippen molar-refractivity contribution in [2.24, 2.45) is 0 Å². The molecule has 1 aromatic rings. The lowest BCUT2D eigenvalue weighted by molar-refractivity contribution is -0.145. The van der Waals surface area contributed by atoms with Gasteiger partial charge in [0.15, 0.2) is 0 Å². The van der Waals surface area contributed by atoms with Crippen molar-refractivity contribution in [1.29, 1.82) is 0 Å². The standard InChI is InChI=1S/C17H21ClO3/c18-15-10-13(4-5-14(15)12-6-9-21-11-12)17(16(19)20)7-2-1-3-8-17/h4-5,10,12H,1-3,6-9,11H2,(H,19,20). The maximum absolute atomic E-state index is 11.9. The summed E-state index contributed by atoms with van der Waals surface area (Å²) in [5.74, 6) is -0.367. The molecule has 0 radical (unpaired) electrons. The van der Waals surface area contributed by atoms with Gasteiger partial charge in [-0.1, -0.05) is 43.0 Å². The molecule has 0 spiro atoms. The molecule has 114 valence electrons. The first-order valence-corrected chi connectivity index (χ1v) is 8.12. The van der Waals surface area contributed by atoms with E-state index in [0.29, 0.717) is 30.4 Å². The Morgan fingerprint density at radius 3 is 2.62 bits per heavy atom. The van der Waals surface area contributed by atoms with Crippen LogP contribution in [0.3, 0.4) is 0 Å². The van der Waals surface area contributed by atoms with Gasteiger partial charge in [-0.2, -0.15) is 0 Å². The Labute approximate surface area is 130 Å². The van der Waals surface area contributed by atoms with Crippen LogP contribution in [-0.2, 0) is 14.9 Å². The third-order valence-corrected chi connectivity index (χ3v) is 5.37. The predicted octanol–water partition coefficient (Wildman–Crippen LogP) is 4.13. The van der Waals surface area contributed by atoms with Crippen molar-refractivity contribution in [2.45, 2.75) is 49.9 Å². The number of rotatable bonds is 3. The molecule has 0 aromatic heterocycles. The molecule has 1 unspecified atom stereocenters. The van der Waals surface area contributed by atoms with Crippen LogP contribution in [0.25, 0.3) is 0 Å². The van der Waals surface area contributed by atoms with E-state index in [-0.39, 0.29) is 0 Å². The number of ether oxygens (including phenoxy) is 1. The Morgan fingerprint density at radius 2 is 2.05 bits per heavy atom. The van der Waals surface area contributed by atoms with Crippen molar-refractivity contribution in [3.63, 3.8) is 0 Å². The lowest BCUT2D eigenvalue weighted by atomic mass is 9.69. The Kier molecular flexibility index (Phi) is 4.23. The minimum Gasteiger partial charge on any atom is -0.481 e. The van der Waals surface area contributed by atoms with Gasteiger partial charge in [-0.25, -0.2) is 0 Å². The highest BCUT2D eigenvalue weighted by molar-refractivity contribution is 6.31. The monoisotopic (exact) mass is 308 g/mol. The van der Waals surface area contributed by atoms with Gasteiger partial charge in [-0.3, -0.25) is 4.79 Å². The van der Waals surface area contributed by atoms with Gasteiger partial charge < -0.3 is 9.84 Å². The first kappa shape index (κ1) is 14.9. The number of carboxylic acids is 1. The average Bonchev–Trinajstić information content (AvgIpc) is 3.01. The zero-order valence-electron chi connectivity index (χ0n) is 12.1. The van der Waals surface area contributed by atoms with Crippen molar-refractivity contribution >= 4 is 17.6 Å². The van der Waals surface area contributed by atoms with Gasteiger partial charge in [0.05, 0.1) is 12.0 Å². The van der Waals surface area contributed by atoms with E-state index < -0.39 is 11.4 Å². The molecule has 0 amide bonds. The Hall–Kier alpha value is -1.06. The number of hydrogen-bond donors (Lipinski definition) is 1. The largest absolute Gasteiger partial charge is 0.481 e. The second-order valence-electron chi connectivity index (χ2n) is 6.24. The third-order valence-electron chi connectivity index (χ3n) is 5.04. The van der Waals surface area contributed by atoms with E-state index in [9.17, 15) is 9.90 Å². The molecular formula is C17H21ClO3. The molecule has 1 aliphatic heterocycles. The Balaban J connectivity index is 1.94. The number of aliphatic carboxylic acids is 1. The van der Waals surface area contributed by atoms with Crippen molar-refractivity contribution in [2.75, 3.05) is 13.2 Å². The average molecular weight is 309 g/mol. The summed E-state index contributed by atoms with van der Waals surface area (Å²) in [6.07, 6.45) is 5.49. The van der Waals surface area contributed by atoms with E-state index in [0.717, 1.165) is 43.4 Å². The summed E-state index contributed by atoms with van der Waals surface area (Å²) in [7, 11) is 0. The SMILES string of the molecule is O=C(O)C1(c2ccc(C3CCOC3)c(Cl)c2)CCCCC1. The third kappa shape index (κ3) is 2.69. The van der Waals surface area contributed by atoms with Crippen LogP contribution in [0.1, 0.15) is 55.6 Å². The summed E-state index contributed by atoms with van der Waals surface area (Å²) < 4.78 is 5.42. The molecule has 0 bridgehead atoms. The molecule has 21 heavy (non-hydrogen) atoms. The second kappa shape index (κ2) is 5.98. The molecule has 2 aliphatic rings. The highest BCUT2D eigenvalue weighted by Crippen LogP contribution is 2.42. The van der Waals surface area contributed by atoms with Gasteiger partial charge >= 0.3 is 5.97 Å². The number of carboxylic acid groups (broad SMARTS) is 1. The van der Waals surface area contributed by atoms with Crippen molar-refractivity contribution in [3.05, 3.63) is 34.3 Å². The predicted molar refractivity (Wildman–Crippen MR) is 82.0 cm³/mol. The smallest absolute Gasteiger partial charge is 0.314 e. The van der Waals surface area contributed by atoms with E-state index in [1.54, 1.807) is 0 Å². The molecule has 3 nitrogen and oxygen atoms in total. The van der Waals surface area contributed by atoms with Crippen molar-refractivity contribution < 1.29 is 14.6 Å². The molecule has 1 saturated carbocycles. The van der Waals surface area contributed by atoms with E-state index in [2.05, 4.69) is 0 Å². The Morgan fingerprint density at radius 1 is 1.29 bits per heavy atom. The molecular weight excluding hydrogens is 288 g/mol. The van der Waals surface area contributed by atoms with Gasteiger partial charge in [0.1, 0.15) is 0 Å². The summed E-state index contributed by atoms with van der Waals surface area (Å²) in [6.45, 7) is 1.49. The van der Waals surface area contributed by atoms with E-state index in [4.69, 9.17) is 16.3 Å². The first-order chi connectivity index (χ1) is 10.1. The van der Waals surface area contributed by atoms with Crippen molar-refractivity contribution in [1.82, 2.24) is 0 Å². The first-order valence-electron chi connectivity index (χ1n) is 7.74. The fourth-order valence-corrected chi connectivity index (χ4v) is 4.05. The quantitative estimate of drug-likeness (QED) is 0.913. The summed E-state index contributed by atoms with van der Waals surface area (Å²) in [6, 6.07) is 5.87. The van der Waals surface area contributed by atoms with Crippen LogP contribution < -0.4 is 0 Å². The maximum Gasteiger partial charge on any atom is 0.314 e. The number of carbonyl (C=O) groups is 1. The fraction of sp³-hybridized carbons (Fsp3) is 0.588. The van der Waals surface area contributed by atoms with Crippen LogP contribution in [0.15, 0.2) is 18.2 Å². The maximum atomic E-state index is 11.9. The van der Waals surface area contributed by atoms with E-state index in [1.807, 2.05) is 18.2 Å². The highest BCUT2D eigenvalue weighted by Gasteiger charge is 2.41.